The van der Waals surface area contributed by atoms with E-state index in [0.717, 1.165) is 56.6 Å². The highest BCUT2D eigenvalue weighted by Gasteiger charge is 2.50. The topological polar surface area (TPSA) is 102 Å². The van der Waals surface area contributed by atoms with Gasteiger partial charge in [-0.3, -0.25) is 4.79 Å². The Morgan fingerprint density at radius 3 is 2.66 bits per heavy atom. The molecule has 8 heteroatoms. The number of nitrogens with one attached hydrogen (secondary N) is 1. The summed E-state index contributed by atoms with van der Waals surface area (Å²) in [6, 6.07) is 3.55. The smallest absolute Gasteiger partial charge is 0.409 e. The summed E-state index contributed by atoms with van der Waals surface area (Å²) in [5, 5.41) is 10.5. The summed E-state index contributed by atoms with van der Waals surface area (Å²) in [7, 11) is -2.80. The third-order valence-electron chi connectivity index (χ3n) is 6.85. The highest BCUT2D eigenvalue weighted by Crippen LogP contribution is 2.58. The van der Waals surface area contributed by atoms with Crippen molar-refractivity contribution in [3.63, 3.8) is 0 Å². The van der Waals surface area contributed by atoms with Crippen LogP contribution in [0.5, 0.6) is 11.5 Å². The number of fused-ring (bicyclic) bond motifs is 4. The number of allylic oxidation sites excluding steroid dienone is 2. The molecule has 0 aromatic heterocycles. The number of carbonyl (C=O) groups excluding carboxylic acids is 1. The minimum absolute atomic E-state index is 0.0457. The third kappa shape index (κ3) is 3.42. The average Bonchev–Trinajstić information content (AvgIpc) is 2.94. The number of aliphatic hydroxyl groups is 1. The summed E-state index contributed by atoms with van der Waals surface area (Å²) < 4.78 is 36.3. The maximum atomic E-state index is 12.0. The van der Waals surface area contributed by atoms with E-state index in [1.165, 1.54) is 18.3 Å². The van der Waals surface area contributed by atoms with Crippen LogP contribution in [0.3, 0.4) is 0 Å². The van der Waals surface area contributed by atoms with Crippen molar-refractivity contribution in [2.24, 2.45) is 11.3 Å². The van der Waals surface area contributed by atoms with Gasteiger partial charge in [-0.1, -0.05) is 12.5 Å². The number of amides is 1. The molecule has 0 spiro atoms. The fraction of sp³-hybridized carbons (Fsp3) is 0.571. The van der Waals surface area contributed by atoms with Crippen LogP contribution in [0.1, 0.15) is 57.1 Å². The molecule has 0 heterocycles. The second-order valence-electron chi connectivity index (χ2n) is 8.51. The molecule has 1 unspecified atom stereocenters. The fourth-order valence-corrected chi connectivity index (χ4v) is 6.19. The molecule has 1 saturated carbocycles. The summed E-state index contributed by atoms with van der Waals surface area (Å²) >= 11 is 0. The van der Waals surface area contributed by atoms with Gasteiger partial charge in [0.15, 0.2) is 11.5 Å². The Bertz CT molecular complexity index is 999. The van der Waals surface area contributed by atoms with Gasteiger partial charge in [0.25, 0.3) is 0 Å². The second kappa shape index (κ2) is 7.02. The normalized spacial score (nSPS) is 28.3. The molecule has 0 bridgehead atoms. The first kappa shape index (κ1) is 20.2. The van der Waals surface area contributed by atoms with Gasteiger partial charge in [-0.15, -0.1) is 0 Å². The zero-order valence-electron chi connectivity index (χ0n) is 16.9. The molecule has 3 atom stereocenters. The Morgan fingerprint density at radius 2 is 1.97 bits per heavy atom. The van der Waals surface area contributed by atoms with E-state index in [2.05, 4.69) is 6.92 Å². The fourth-order valence-electron chi connectivity index (χ4n) is 5.43. The van der Waals surface area contributed by atoms with Crippen molar-refractivity contribution in [1.82, 2.24) is 4.72 Å². The minimum Gasteiger partial charge on any atom is -0.493 e. The SMILES string of the molecule is COc1cc2c(cc1OS(=O)(=O)NC(C)=O)CCC1=C2CC[C@@]2(C)C1CC[C@@H]2O. The first-order valence-electron chi connectivity index (χ1n) is 9.98. The van der Waals surface area contributed by atoms with E-state index in [4.69, 9.17) is 8.92 Å². The van der Waals surface area contributed by atoms with Crippen molar-refractivity contribution in [2.75, 3.05) is 7.11 Å². The van der Waals surface area contributed by atoms with Gasteiger partial charge in [-0.05, 0) is 73.3 Å². The number of aryl methyl sites for hydroxylation is 1. The molecule has 0 aliphatic heterocycles. The molecule has 1 amide bonds. The van der Waals surface area contributed by atoms with Gasteiger partial charge in [-0.2, -0.15) is 8.42 Å². The first-order valence-corrected chi connectivity index (χ1v) is 11.4. The van der Waals surface area contributed by atoms with Gasteiger partial charge in [0, 0.05) is 12.3 Å². The van der Waals surface area contributed by atoms with Crippen molar-refractivity contribution in [3.05, 3.63) is 28.8 Å². The molecule has 3 aliphatic carbocycles. The lowest BCUT2D eigenvalue weighted by Gasteiger charge is -2.43. The molecule has 4 rings (SSSR count). The highest BCUT2D eigenvalue weighted by molar-refractivity contribution is 7.85. The third-order valence-corrected chi connectivity index (χ3v) is 7.79. The van der Waals surface area contributed by atoms with Crippen LogP contribution in [0.4, 0.5) is 0 Å². The molecule has 1 aromatic rings. The predicted molar refractivity (Wildman–Crippen MR) is 108 cm³/mol. The van der Waals surface area contributed by atoms with Gasteiger partial charge in [0.1, 0.15) is 0 Å². The quantitative estimate of drug-likeness (QED) is 0.775. The van der Waals surface area contributed by atoms with Crippen molar-refractivity contribution < 1.29 is 27.2 Å². The standard InChI is InChI=1S/C21H27NO6S/c1-12(23)22-29(25,26)28-19-10-13-4-5-15-14(16(13)11-18(19)27-3)8-9-21(2)17(15)6-7-20(21)24/h10-11,17,20,24H,4-9H2,1-3H3,(H,22,23)/t17?,20-,21-/m0/s1. The molecule has 1 fully saturated rings. The molecule has 2 N–H and O–H groups in total. The van der Waals surface area contributed by atoms with Crippen molar-refractivity contribution in [1.29, 1.82) is 0 Å². The largest absolute Gasteiger partial charge is 0.493 e. The lowest BCUT2D eigenvalue weighted by molar-refractivity contribution is -0.117. The number of ether oxygens (including phenoxy) is 1. The first-order chi connectivity index (χ1) is 13.6. The van der Waals surface area contributed by atoms with Crippen LogP contribution in [0.15, 0.2) is 17.7 Å². The highest BCUT2D eigenvalue weighted by atomic mass is 32.2. The minimum atomic E-state index is -4.26. The zero-order valence-corrected chi connectivity index (χ0v) is 17.8. The number of rotatable bonds is 4. The van der Waals surface area contributed by atoms with E-state index in [-0.39, 0.29) is 17.3 Å². The van der Waals surface area contributed by atoms with E-state index in [0.29, 0.717) is 11.7 Å². The number of methoxy groups -OCH3 is 1. The van der Waals surface area contributed by atoms with Gasteiger partial charge in [0.05, 0.1) is 13.2 Å². The lowest BCUT2D eigenvalue weighted by atomic mass is 9.62. The molecule has 0 radical (unpaired) electrons. The molecule has 158 valence electrons. The molecule has 3 aliphatic rings. The summed E-state index contributed by atoms with van der Waals surface area (Å²) in [5.41, 5.74) is 4.79. The van der Waals surface area contributed by atoms with E-state index in [9.17, 15) is 18.3 Å². The van der Waals surface area contributed by atoms with Gasteiger partial charge in [-0.25, -0.2) is 4.72 Å². The Balaban J connectivity index is 1.73. The molecule has 29 heavy (non-hydrogen) atoms. The number of aliphatic hydroxyl groups excluding tert-OH is 1. The Labute approximate surface area is 171 Å². The van der Waals surface area contributed by atoms with Gasteiger partial charge in [0.2, 0.25) is 5.91 Å². The van der Waals surface area contributed by atoms with E-state index in [1.807, 2.05) is 6.07 Å². The molecule has 0 saturated heterocycles. The number of hydrogen-bond acceptors (Lipinski definition) is 6. The number of benzene rings is 1. The average molecular weight is 422 g/mol. The van der Waals surface area contributed by atoms with Crippen LogP contribution in [-0.2, 0) is 21.5 Å². The number of carbonyl (C=O) groups is 1. The van der Waals surface area contributed by atoms with Crippen LogP contribution < -0.4 is 13.6 Å². The van der Waals surface area contributed by atoms with Crippen LogP contribution in [0.25, 0.3) is 5.57 Å². The van der Waals surface area contributed by atoms with Crippen molar-refractivity contribution in [2.45, 2.75) is 58.5 Å². The lowest BCUT2D eigenvalue weighted by Crippen LogP contribution is -2.37. The predicted octanol–water partition coefficient (Wildman–Crippen LogP) is 2.73. The van der Waals surface area contributed by atoms with Crippen molar-refractivity contribution in [3.8, 4) is 11.5 Å². The summed E-state index contributed by atoms with van der Waals surface area (Å²) in [6.45, 7) is 3.31. The molecule has 7 nitrogen and oxygen atoms in total. The Hall–Kier alpha value is -2.06. The Morgan fingerprint density at radius 1 is 1.21 bits per heavy atom. The summed E-state index contributed by atoms with van der Waals surface area (Å²) in [6.07, 6.45) is 5.12. The second-order valence-corrected chi connectivity index (χ2v) is 9.79. The summed E-state index contributed by atoms with van der Waals surface area (Å²) in [5.74, 6) is 0.0596. The van der Waals surface area contributed by atoms with Gasteiger partial charge >= 0.3 is 10.3 Å². The summed E-state index contributed by atoms with van der Waals surface area (Å²) in [4.78, 5) is 11.1. The van der Waals surface area contributed by atoms with Crippen LogP contribution >= 0.6 is 0 Å². The van der Waals surface area contributed by atoms with E-state index < -0.39 is 16.2 Å². The molecule has 1 aromatic carbocycles. The van der Waals surface area contributed by atoms with Crippen LogP contribution in [0.2, 0.25) is 0 Å². The number of hydrogen-bond donors (Lipinski definition) is 2. The van der Waals surface area contributed by atoms with Crippen molar-refractivity contribution >= 4 is 21.8 Å². The Kier molecular flexibility index (Phi) is 4.90. The van der Waals surface area contributed by atoms with Crippen LogP contribution in [-0.4, -0.2) is 32.6 Å². The maximum absolute atomic E-state index is 12.0. The maximum Gasteiger partial charge on any atom is 0.409 e. The van der Waals surface area contributed by atoms with E-state index in [1.54, 1.807) is 10.8 Å². The molecular weight excluding hydrogens is 394 g/mol. The van der Waals surface area contributed by atoms with Crippen LogP contribution in [0, 0.1) is 11.3 Å². The monoisotopic (exact) mass is 421 g/mol. The van der Waals surface area contributed by atoms with E-state index >= 15 is 0 Å². The zero-order chi connectivity index (χ0) is 21.0. The molecular formula is C21H27NO6S. The van der Waals surface area contributed by atoms with Gasteiger partial charge < -0.3 is 14.0 Å².